The highest BCUT2D eigenvalue weighted by molar-refractivity contribution is 6.33. The van der Waals surface area contributed by atoms with Gasteiger partial charge in [0.15, 0.2) is 0 Å². The van der Waals surface area contributed by atoms with Crippen molar-refractivity contribution in [1.29, 1.82) is 0 Å². The third-order valence-corrected chi connectivity index (χ3v) is 3.17. The molecule has 0 saturated carbocycles. The lowest BCUT2D eigenvalue weighted by Gasteiger charge is -2.06. The van der Waals surface area contributed by atoms with Crippen LogP contribution in [0.4, 0.5) is 22.7 Å². The largest absolute Gasteiger partial charge is 0.324 e. The molecule has 0 aliphatic heterocycles. The Labute approximate surface area is 137 Å². The van der Waals surface area contributed by atoms with Crippen LogP contribution in [0.1, 0.15) is 12.5 Å². The summed E-state index contributed by atoms with van der Waals surface area (Å²) in [6.45, 7) is 3.29. The van der Waals surface area contributed by atoms with Gasteiger partial charge in [0.05, 0.1) is 15.6 Å². The SMILES string of the molecule is CC(=O)Nc1cc(C)ccc1N=Nc1ccc([N+](=O)[O-])cc1Cl. The minimum atomic E-state index is -0.540. The first kappa shape index (κ1) is 16.6. The Morgan fingerprint density at radius 1 is 1.17 bits per heavy atom. The van der Waals surface area contributed by atoms with Gasteiger partial charge in [-0.05, 0) is 30.7 Å². The molecule has 0 aromatic heterocycles. The Bertz CT molecular complexity index is 805. The Morgan fingerprint density at radius 2 is 1.83 bits per heavy atom. The number of carbonyl (C=O) groups excluding carboxylic acids is 1. The van der Waals surface area contributed by atoms with Crippen LogP contribution in [-0.4, -0.2) is 10.8 Å². The first-order valence-electron chi connectivity index (χ1n) is 6.61. The van der Waals surface area contributed by atoms with Gasteiger partial charge in [-0.25, -0.2) is 0 Å². The van der Waals surface area contributed by atoms with Gasteiger partial charge >= 0.3 is 0 Å². The number of nitro benzene ring substituents is 1. The summed E-state index contributed by atoms with van der Waals surface area (Å²) < 4.78 is 0. The van der Waals surface area contributed by atoms with Crippen molar-refractivity contribution in [2.24, 2.45) is 10.2 Å². The summed E-state index contributed by atoms with van der Waals surface area (Å²) in [5.41, 5.74) is 2.12. The van der Waals surface area contributed by atoms with E-state index in [1.54, 1.807) is 12.1 Å². The van der Waals surface area contributed by atoms with Crippen LogP contribution in [0.5, 0.6) is 0 Å². The van der Waals surface area contributed by atoms with Crippen molar-refractivity contribution in [1.82, 2.24) is 0 Å². The normalized spacial score (nSPS) is 10.7. The number of anilines is 1. The van der Waals surface area contributed by atoms with Gasteiger partial charge in [-0.15, -0.1) is 10.2 Å². The quantitative estimate of drug-likeness (QED) is 0.488. The van der Waals surface area contributed by atoms with E-state index in [1.165, 1.54) is 25.1 Å². The van der Waals surface area contributed by atoms with Gasteiger partial charge in [0.1, 0.15) is 11.4 Å². The van der Waals surface area contributed by atoms with Gasteiger partial charge in [-0.1, -0.05) is 17.7 Å². The van der Waals surface area contributed by atoms with E-state index >= 15 is 0 Å². The third kappa shape index (κ3) is 4.33. The zero-order valence-electron chi connectivity index (χ0n) is 12.4. The van der Waals surface area contributed by atoms with Gasteiger partial charge in [0, 0.05) is 19.1 Å². The number of nitrogens with one attached hydrogen (secondary N) is 1. The minimum absolute atomic E-state index is 0.121. The molecule has 2 aromatic carbocycles. The number of nitro groups is 1. The van der Waals surface area contributed by atoms with Crippen LogP contribution in [-0.2, 0) is 4.79 Å². The second kappa shape index (κ2) is 6.97. The molecule has 0 bridgehead atoms. The summed E-state index contributed by atoms with van der Waals surface area (Å²) in [7, 11) is 0. The molecule has 0 spiro atoms. The second-order valence-corrected chi connectivity index (χ2v) is 5.20. The van der Waals surface area contributed by atoms with Crippen LogP contribution in [0.25, 0.3) is 0 Å². The summed E-state index contributed by atoms with van der Waals surface area (Å²) in [4.78, 5) is 21.4. The summed E-state index contributed by atoms with van der Waals surface area (Å²) >= 11 is 5.96. The molecule has 1 amide bonds. The highest BCUT2D eigenvalue weighted by atomic mass is 35.5. The molecule has 1 N–H and O–H groups in total. The molecule has 0 fully saturated rings. The molecule has 23 heavy (non-hydrogen) atoms. The molecule has 0 atom stereocenters. The number of nitrogens with zero attached hydrogens (tertiary/aromatic N) is 3. The predicted molar refractivity (Wildman–Crippen MR) is 87.8 cm³/mol. The molecule has 2 rings (SSSR count). The topological polar surface area (TPSA) is 97.0 Å². The number of azo groups is 1. The molecule has 0 radical (unpaired) electrons. The molecule has 118 valence electrons. The molecular weight excluding hydrogens is 320 g/mol. The molecule has 8 heteroatoms. The minimum Gasteiger partial charge on any atom is -0.324 e. The summed E-state index contributed by atoms with van der Waals surface area (Å²) in [5, 5.41) is 21.5. The van der Waals surface area contributed by atoms with Crippen molar-refractivity contribution >= 4 is 40.3 Å². The van der Waals surface area contributed by atoms with Gasteiger partial charge in [-0.3, -0.25) is 14.9 Å². The van der Waals surface area contributed by atoms with Crippen LogP contribution in [0.3, 0.4) is 0 Å². The third-order valence-electron chi connectivity index (χ3n) is 2.87. The van der Waals surface area contributed by atoms with Gasteiger partial charge in [0.2, 0.25) is 5.91 Å². The smallest absolute Gasteiger partial charge is 0.271 e. The summed E-state index contributed by atoms with van der Waals surface area (Å²) in [5.74, 6) is -0.222. The van der Waals surface area contributed by atoms with E-state index in [1.807, 2.05) is 13.0 Å². The maximum absolute atomic E-state index is 11.2. The molecule has 2 aromatic rings. The van der Waals surface area contributed by atoms with Crippen molar-refractivity contribution in [2.45, 2.75) is 13.8 Å². The average Bonchev–Trinajstić information content (AvgIpc) is 2.46. The van der Waals surface area contributed by atoms with Crippen molar-refractivity contribution in [3.63, 3.8) is 0 Å². The maximum atomic E-state index is 11.2. The van der Waals surface area contributed by atoms with E-state index < -0.39 is 4.92 Å². The van der Waals surface area contributed by atoms with Gasteiger partial charge < -0.3 is 5.32 Å². The molecule has 0 saturated heterocycles. The lowest BCUT2D eigenvalue weighted by molar-refractivity contribution is -0.384. The number of aryl methyl sites for hydroxylation is 1. The van der Waals surface area contributed by atoms with Crippen LogP contribution in [0.15, 0.2) is 46.6 Å². The van der Waals surface area contributed by atoms with E-state index in [-0.39, 0.29) is 16.6 Å². The zero-order chi connectivity index (χ0) is 17.0. The number of amides is 1. The number of non-ortho nitro benzene ring substituents is 1. The molecule has 0 heterocycles. The molecule has 0 unspecified atom stereocenters. The monoisotopic (exact) mass is 332 g/mol. The molecule has 7 nitrogen and oxygen atoms in total. The molecule has 0 aliphatic carbocycles. The van der Waals surface area contributed by atoms with E-state index in [0.29, 0.717) is 17.1 Å². The lowest BCUT2D eigenvalue weighted by Crippen LogP contribution is -2.05. The van der Waals surface area contributed by atoms with Gasteiger partial charge in [0.25, 0.3) is 5.69 Å². The maximum Gasteiger partial charge on any atom is 0.271 e. The molecule has 0 aliphatic rings. The fourth-order valence-electron chi connectivity index (χ4n) is 1.83. The zero-order valence-corrected chi connectivity index (χ0v) is 13.2. The lowest BCUT2D eigenvalue weighted by atomic mass is 10.2. The van der Waals surface area contributed by atoms with Crippen molar-refractivity contribution in [2.75, 3.05) is 5.32 Å². The fraction of sp³-hybridized carbons (Fsp3) is 0.133. The number of carbonyl (C=O) groups is 1. The van der Waals surface area contributed by atoms with Crippen molar-refractivity contribution in [3.05, 3.63) is 57.1 Å². The van der Waals surface area contributed by atoms with E-state index in [9.17, 15) is 14.9 Å². The number of halogens is 1. The highest BCUT2D eigenvalue weighted by Gasteiger charge is 2.09. The summed E-state index contributed by atoms with van der Waals surface area (Å²) in [6.07, 6.45) is 0. The van der Waals surface area contributed by atoms with Crippen molar-refractivity contribution < 1.29 is 9.72 Å². The predicted octanol–water partition coefficient (Wildman–Crippen LogP) is 4.93. The standard InChI is InChI=1S/C15H13ClN4O3/c1-9-3-5-14(15(7-9)17-10(2)21)19-18-13-6-4-11(20(22)23)8-12(13)16/h3-8H,1-2H3,(H,17,21). The van der Waals surface area contributed by atoms with Crippen LogP contribution >= 0.6 is 11.6 Å². The van der Waals surface area contributed by atoms with Crippen molar-refractivity contribution in [3.8, 4) is 0 Å². The van der Waals surface area contributed by atoms with Crippen LogP contribution in [0, 0.1) is 17.0 Å². The fourth-order valence-corrected chi connectivity index (χ4v) is 2.04. The van der Waals surface area contributed by atoms with Gasteiger partial charge in [-0.2, -0.15) is 0 Å². The first-order valence-corrected chi connectivity index (χ1v) is 6.98. The Hall–Kier alpha value is -2.80. The van der Waals surface area contributed by atoms with E-state index in [0.717, 1.165) is 5.56 Å². The number of hydrogen-bond acceptors (Lipinski definition) is 5. The van der Waals surface area contributed by atoms with Crippen LogP contribution in [0.2, 0.25) is 5.02 Å². The molecular formula is C15H13ClN4O3. The summed E-state index contributed by atoms with van der Waals surface area (Å²) in [6, 6.07) is 9.23. The highest BCUT2D eigenvalue weighted by Crippen LogP contribution is 2.32. The second-order valence-electron chi connectivity index (χ2n) is 4.79. The average molecular weight is 333 g/mol. The Morgan fingerprint density at radius 3 is 2.43 bits per heavy atom. The number of hydrogen-bond donors (Lipinski definition) is 1. The Kier molecular flexibility index (Phi) is 5.02. The van der Waals surface area contributed by atoms with Crippen LogP contribution < -0.4 is 5.32 Å². The number of rotatable bonds is 4. The Balaban J connectivity index is 2.33. The number of benzene rings is 2. The van der Waals surface area contributed by atoms with E-state index in [4.69, 9.17) is 11.6 Å². The van der Waals surface area contributed by atoms with E-state index in [2.05, 4.69) is 15.5 Å². The first-order chi connectivity index (χ1) is 10.9.